The Balaban J connectivity index is 1.77. The van der Waals surface area contributed by atoms with Crippen molar-refractivity contribution in [1.29, 1.82) is 0 Å². The van der Waals surface area contributed by atoms with Gasteiger partial charge in [0.1, 0.15) is 5.75 Å². The van der Waals surface area contributed by atoms with Crippen molar-refractivity contribution in [2.75, 3.05) is 19.6 Å². The van der Waals surface area contributed by atoms with Gasteiger partial charge in [0.25, 0.3) is 5.91 Å². The number of para-hydroxylation sites is 1. The van der Waals surface area contributed by atoms with Gasteiger partial charge in [-0.05, 0) is 18.9 Å². The first-order valence-electron chi connectivity index (χ1n) is 7.29. The largest absolute Gasteiger partial charge is 0.505 e. The Morgan fingerprint density at radius 1 is 1.23 bits per heavy atom. The Kier molecular flexibility index (Phi) is 3.91. The Morgan fingerprint density at radius 2 is 1.95 bits per heavy atom. The maximum absolute atomic E-state index is 12.3. The molecular formula is C16H17N3O3. The van der Waals surface area contributed by atoms with Crippen molar-refractivity contribution in [2.24, 2.45) is 0 Å². The SMILES string of the molecule is O=C(NCC(=O)N1CCCC1)c1c(O)cnc2ccccc12. The number of carbonyl (C=O) groups excluding carboxylic acids is 2. The second kappa shape index (κ2) is 6.01. The van der Waals surface area contributed by atoms with E-state index in [2.05, 4.69) is 10.3 Å². The number of hydrogen-bond donors (Lipinski definition) is 2. The number of nitrogens with zero attached hydrogens (tertiary/aromatic N) is 2. The van der Waals surface area contributed by atoms with Crippen LogP contribution in [0.25, 0.3) is 10.9 Å². The number of carbonyl (C=O) groups is 2. The molecule has 1 aliphatic rings. The van der Waals surface area contributed by atoms with Gasteiger partial charge in [-0.2, -0.15) is 0 Å². The van der Waals surface area contributed by atoms with Crippen LogP contribution in [-0.2, 0) is 4.79 Å². The molecule has 0 bridgehead atoms. The van der Waals surface area contributed by atoms with Crippen LogP contribution in [0.1, 0.15) is 23.2 Å². The molecule has 1 aliphatic heterocycles. The summed E-state index contributed by atoms with van der Waals surface area (Å²) in [5.74, 6) is -0.753. The van der Waals surface area contributed by atoms with E-state index < -0.39 is 5.91 Å². The monoisotopic (exact) mass is 299 g/mol. The molecule has 2 amide bonds. The van der Waals surface area contributed by atoms with E-state index in [9.17, 15) is 14.7 Å². The molecular weight excluding hydrogens is 282 g/mol. The van der Waals surface area contributed by atoms with E-state index in [0.29, 0.717) is 10.9 Å². The molecule has 1 fully saturated rings. The molecule has 0 atom stereocenters. The lowest BCUT2D eigenvalue weighted by atomic mass is 10.1. The molecule has 1 aromatic heterocycles. The molecule has 6 nitrogen and oxygen atoms in total. The lowest BCUT2D eigenvalue weighted by Crippen LogP contribution is -2.38. The maximum atomic E-state index is 12.3. The normalized spacial score (nSPS) is 14.3. The number of fused-ring (bicyclic) bond motifs is 1. The average Bonchev–Trinajstić information content (AvgIpc) is 3.06. The van der Waals surface area contributed by atoms with Crippen LogP contribution in [0.15, 0.2) is 30.5 Å². The fourth-order valence-electron chi connectivity index (χ4n) is 2.69. The average molecular weight is 299 g/mol. The predicted molar refractivity (Wildman–Crippen MR) is 81.6 cm³/mol. The van der Waals surface area contributed by atoms with Gasteiger partial charge < -0.3 is 15.3 Å². The van der Waals surface area contributed by atoms with Crippen LogP contribution >= 0.6 is 0 Å². The second-order valence-corrected chi connectivity index (χ2v) is 5.31. The number of aromatic hydroxyl groups is 1. The summed E-state index contributed by atoms with van der Waals surface area (Å²) in [7, 11) is 0. The van der Waals surface area contributed by atoms with Crippen molar-refractivity contribution >= 4 is 22.7 Å². The molecule has 0 radical (unpaired) electrons. The molecule has 6 heteroatoms. The molecule has 1 aromatic carbocycles. The number of nitrogens with one attached hydrogen (secondary N) is 1. The zero-order valence-electron chi connectivity index (χ0n) is 12.1. The van der Waals surface area contributed by atoms with E-state index >= 15 is 0 Å². The summed E-state index contributed by atoms with van der Waals surface area (Å²) in [5, 5.41) is 13.1. The summed E-state index contributed by atoms with van der Waals surface area (Å²) in [6.45, 7) is 1.44. The molecule has 1 saturated heterocycles. The van der Waals surface area contributed by atoms with Crippen LogP contribution in [-0.4, -0.2) is 46.4 Å². The van der Waals surface area contributed by atoms with Gasteiger partial charge in [-0.1, -0.05) is 18.2 Å². The maximum Gasteiger partial charge on any atom is 0.256 e. The first kappa shape index (κ1) is 14.3. The summed E-state index contributed by atoms with van der Waals surface area (Å²) in [6.07, 6.45) is 3.27. The van der Waals surface area contributed by atoms with Crippen LogP contribution in [0.3, 0.4) is 0 Å². The van der Waals surface area contributed by atoms with Gasteiger partial charge >= 0.3 is 0 Å². The van der Waals surface area contributed by atoms with Crippen molar-refractivity contribution in [3.8, 4) is 5.75 Å². The summed E-state index contributed by atoms with van der Waals surface area (Å²) >= 11 is 0. The highest BCUT2D eigenvalue weighted by atomic mass is 16.3. The summed E-state index contributed by atoms with van der Waals surface area (Å²) in [4.78, 5) is 30.1. The van der Waals surface area contributed by atoms with Crippen LogP contribution < -0.4 is 5.32 Å². The first-order valence-corrected chi connectivity index (χ1v) is 7.29. The molecule has 2 N–H and O–H groups in total. The van der Waals surface area contributed by atoms with E-state index in [4.69, 9.17) is 0 Å². The van der Waals surface area contributed by atoms with E-state index in [1.165, 1.54) is 6.20 Å². The standard InChI is InChI=1S/C16H17N3O3/c20-13-9-17-12-6-2-1-5-11(12)15(13)16(22)18-10-14(21)19-7-3-4-8-19/h1-2,5-6,9,20H,3-4,7-8,10H2,(H,18,22). The third-order valence-corrected chi connectivity index (χ3v) is 3.84. The smallest absolute Gasteiger partial charge is 0.256 e. The van der Waals surface area contributed by atoms with E-state index in [1.54, 1.807) is 23.1 Å². The first-order chi connectivity index (χ1) is 10.7. The van der Waals surface area contributed by atoms with Gasteiger partial charge in [0.2, 0.25) is 5.91 Å². The van der Waals surface area contributed by atoms with Crippen LogP contribution in [0, 0.1) is 0 Å². The number of aromatic nitrogens is 1. The second-order valence-electron chi connectivity index (χ2n) is 5.31. The van der Waals surface area contributed by atoms with Crippen molar-refractivity contribution < 1.29 is 14.7 Å². The lowest BCUT2D eigenvalue weighted by molar-refractivity contribution is -0.129. The Morgan fingerprint density at radius 3 is 2.73 bits per heavy atom. The van der Waals surface area contributed by atoms with Crippen molar-refractivity contribution in [3.63, 3.8) is 0 Å². The molecule has 0 aliphatic carbocycles. The number of rotatable bonds is 3. The molecule has 0 unspecified atom stereocenters. The van der Waals surface area contributed by atoms with Crippen molar-refractivity contribution in [1.82, 2.24) is 15.2 Å². The fourth-order valence-corrected chi connectivity index (χ4v) is 2.69. The number of hydrogen-bond acceptors (Lipinski definition) is 4. The third-order valence-electron chi connectivity index (χ3n) is 3.84. The van der Waals surface area contributed by atoms with Gasteiger partial charge in [-0.3, -0.25) is 14.6 Å². The molecule has 2 heterocycles. The van der Waals surface area contributed by atoms with Gasteiger partial charge in [0, 0.05) is 18.5 Å². The molecule has 0 spiro atoms. The highest BCUT2D eigenvalue weighted by Crippen LogP contribution is 2.24. The minimum absolute atomic E-state index is 0.0606. The fraction of sp³-hybridized carbons (Fsp3) is 0.312. The van der Waals surface area contributed by atoms with Gasteiger partial charge in [-0.25, -0.2) is 0 Å². The quantitative estimate of drug-likeness (QED) is 0.894. The Labute approximate surface area is 127 Å². The molecule has 3 rings (SSSR count). The van der Waals surface area contributed by atoms with Gasteiger partial charge in [0.05, 0.1) is 23.8 Å². The highest BCUT2D eigenvalue weighted by Gasteiger charge is 2.20. The van der Waals surface area contributed by atoms with Crippen molar-refractivity contribution in [3.05, 3.63) is 36.0 Å². The molecule has 22 heavy (non-hydrogen) atoms. The zero-order valence-corrected chi connectivity index (χ0v) is 12.1. The molecule has 2 aromatic rings. The topological polar surface area (TPSA) is 82.5 Å². The summed E-state index contributed by atoms with van der Waals surface area (Å²) in [6, 6.07) is 7.07. The van der Waals surface area contributed by atoms with Crippen LogP contribution in [0.2, 0.25) is 0 Å². The van der Waals surface area contributed by atoms with Gasteiger partial charge in [-0.15, -0.1) is 0 Å². The van der Waals surface area contributed by atoms with Crippen molar-refractivity contribution in [2.45, 2.75) is 12.8 Å². The Bertz CT molecular complexity index is 724. The van der Waals surface area contributed by atoms with E-state index in [-0.39, 0.29) is 23.8 Å². The van der Waals surface area contributed by atoms with Gasteiger partial charge in [0.15, 0.2) is 0 Å². The van der Waals surface area contributed by atoms with Crippen LogP contribution in [0.5, 0.6) is 5.75 Å². The minimum Gasteiger partial charge on any atom is -0.505 e. The summed E-state index contributed by atoms with van der Waals surface area (Å²) < 4.78 is 0. The van der Waals surface area contributed by atoms with E-state index in [1.807, 2.05) is 6.07 Å². The summed E-state index contributed by atoms with van der Waals surface area (Å²) in [5.41, 5.74) is 0.774. The number of likely N-dealkylation sites (tertiary alicyclic amines) is 1. The lowest BCUT2D eigenvalue weighted by Gasteiger charge is -2.16. The number of pyridine rings is 1. The zero-order chi connectivity index (χ0) is 15.5. The predicted octanol–water partition coefficient (Wildman–Crippen LogP) is 1.29. The third kappa shape index (κ3) is 2.72. The highest BCUT2D eigenvalue weighted by molar-refractivity contribution is 6.09. The Hall–Kier alpha value is -2.63. The number of benzene rings is 1. The molecule has 114 valence electrons. The van der Waals surface area contributed by atoms with E-state index in [0.717, 1.165) is 25.9 Å². The van der Waals surface area contributed by atoms with Crippen LogP contribution in [0.4, 0.5) is 0 Å². The molecule has 0 saturated carbocycles. The minimum atomic E-state index is -0.469. The number of amides is 2.